The van der Waals surface area contributed by atoms with Crippen LogP contribution in [0.4, 0.5) is 13.2 Å². The van der Waals surface area contributed by atoms with E-state index in [1.54, 1.807) is 19.1 Å². The number of rotatable bonds is 4. The maximum absolute atomic E-state index is 11.9. The summed E-state index contributed by atoms with van der Waals surface area (Å²) in [5.74, 6) is -0.845. The highest BCUT2D eigenvalue weighted by molar-refractivity contribution is 7.87. The van der Waals surface area contributed by atoms with Crippen LogP contribution in [0.1, 0.15) is 15.9 Å². The summed E-state index contributed by atoms with van der Waals surface area (Å²) in [7, 11) is -5.73. The highest BCUT2D eigenvalue weighted by Crippen LogP contribution is 2.24. The minimum absolute atomic E-state index is 0.0815. The van der Waals surface area contributed by atoms with Crippen LogP contribution < -0.4 is 0 Å². The lowest BCUT2D eigenvalue weighted by Crippen LogP contribution is -2.27. The average molecular weight is 282 g/mol. The molecule has 0 amide bonds. The summed E-state index contributed by atoms with van der Waals surface area (Å²) < 4.78 is 60.5. The fraction of sp³-hybridized carbons (Fsp3) is 0.300. The molecule has 0 unspecified atom stereocenters. The van der Waals surface area contributed by atoms with Gasteiger partial charge in [-0.25, -0.2) is 0 Å². The normalized spacial score (nSPS) is 12.4. The topological polar surface area (TPSA) is 60.4 Å². The van der Waals surface area contributed by atoms with E-state index in [0.717, 1.165) is 5.56 Å². The van der Waals surface area contributed by atoms with Gasteiger partial charge in [-0.15, -0.1) is 0 Å². The van der Waals surface area contributed by atoms with E-state index in [-0.39, 0.29) is 5.56 Å². The minimum atomic E-state index is -5.73. The van der Waals surface area contributed by atoms with Crippen LogP contribution in [0.15, 0.2) is 24.3 Å². The van der Waals surface area contributed by atoms with Crippen molar-refractivity contribution in [1.29, 1.82) is 0 Å². The zero-order valence-electron chi connectivity index (χ0n) is 9.19. The molecular weight excluding hydrogens is 273 g/mol. The number of hydrogen-bond acceptors (Lipinski definition) is 4. The number of hydrogen-bond donors (Lipinski definition) is 0. The van der Waals surface area contributed by atoms with Gasteiger partial charge in [0.25, 0.3) is 0 Å². The summed E-state index contributed by atoms with van der Waals surface area (Å²) in [6.45, 7) is 0.587. The van der Waals surface area contributed by atoms with Crippen molar-refractivity contribution >= 4 is 15.9 Å². The third kappa shape index (κ3) is 3.54. The molecule has 0 spiro atoms. The van der Waals surface area contributed by atoms with Crippen molar-refractivity contribution in [1.82, 2.24) is 0 Å². The van der Waals surface area contributed by atoms with Crippen molar-refractivity contribution in [2.24, 2.45) is 0 Å². The molecule has 0 aliphatic heterocycles. The highest BCUT2D eigenvalue weighted by Gasteiger charge is 2.47. The minimum Gasteiger partial charge on any atom is -0.291 e. The van der Waals surface area contributed by atoms with Crippen molar-refractivity contribution in [3.05, 3.63) is 35.4 Å². The Bertz CT molecular complexity index is 531. The Hall–Kier alpha value is -1.41. The van der Waals surface area contributed by atoms with Crippen molar-refractivity contribution in [3.63, 3.8) is 0 Å². The van der Waals surface area contributed by atoms with Crippen molar-refractivity contribution in [3.8, 4) is 0 Å². The van der Waals surface area contributed by atoms with Gasteiger partial charge < -0.3 is 0 Å². The van der Waals surface area contributed by atoms with E-state index >= 15 is 0 Å². The summed E-state index contributed by atoms with van der Waals surface area (Å²) in [4.78, 5) is 11.4. The quantitative estimate of drug-likeness (QED) is 0.481. The third-order valence-corrected chi connectivity index (χ3v) is 3.00. The number of carbonyl (C=O) groups excluding carboxylic acids is 1. The molecule has 18 heavy (non-hydrogen) atoms. The second kappa shape index (κ2) is 5.07. The van der Waals surface area contributed by atoms with E-state index in [0.29, 0.717) is 0 Å². The van der Waals surface area contributed by atoms with E-state index in [1.165, 1.54) is 12.1 Å². The Kier molecular flexibility index (Phi) is 4.12. The second-order valence-electron chi connectivity index (χ2n) is 3.45. The van der Waals surface area contributed by atoms with Gasteiger partial charge in [-0.3, -0.25) is 8.98 Å². The van der Waals surface area contributed by atoms with Gasteiger partial charge in [0.2, 0.25) is 0 Å². The number of benzene rings is 1. The SMILES string of the molecule is Cc1ccc(C(=O)COS(=O)(=O)C(F)(F)F)cc1. The first-order valence-corrected chi connectivity index (χ1v) is 6.10. The summed E-state index contributed by atoms with van der Waals surface area (Å²) in [5, 5.41) is 0. The van der Waals surface area contributed by atoms with E-state index in [9.17, 15) is 26.4 Å². The zero-order chi connectivity index (χ0) is 14.0. The molecule has 4 nitrogen and oxygen atoms in total. The number of carbonyl (C=O) groups is 1. The summed E-state index contributed by atoms with van der Waals surface area (Å²) in [6.07, 6.45) is 0. The maximum Gasteiger partial charge on any atom is 0.523 e. The van der Waals surface area contributed by atoms with Crippen molar-refractivity contribution in [2.75, 3.05) is 6.61 Å². The molecule has 1 aromatic rings. The zero-order valence-corrected chi connectivity index (χ0v) is 10.0. The van der Waals surface area contributed by atoms with Crippen LogP contribution in [0.25, 0.3) is 0 Å². The Morgan fingerprint density at radius 1 is 1.22 bits per heavy atom. The molecular formula is C10H9F3O4S. The standard InChI is InChI=1S/C10H9F3O4S/c1-7-2-4-8(5-3-7)9(14)6-17-18(15,16)10(11,12)13/h2-5H,6H2,1H3. The molecule has 0 aliphatic rings. The summed E-state index contributed by atoms with van der Waals surface area (Å²) >= 11 is 0. The fourth-order valence-electron chi connectivity index (χ4n) is 1.02. The first-order chi connectivity index (χ1) is 8.13. The molecule has 0 bridgehead atoms. The van der Waals surface area contributed by atoms with Crippen LogP contribution in [0, 0.1) is 6.92 Å². The van der Waals surface area contributed by atoms with E-state index in [2.05, 4.69) is 4.18 Å². The van der Waals surface area contributed by atoms with Crippen LogP contribution >= 0.6 is 0 Å². The molecule has 0 saturated carbocycles. The molecule has 8 heteroatoms. The van der Waals surface area contributed by atoms with Crippen LogP contribution in [-0.4, -0.2) is 26.3 Å². The van der Waals surface area contributed by atoms with Gasteiger partial charge in [0.1, 0.15) is 6.61 Å². The molecule has 0 heterocycles. The van der Waals surface area contributed by atoms with Crippen LogP contribution in [0.5, 0.6) is 0 Å². The first kappa shape index (κ1) is 14.7. The lowest BCUT2D eigenvalue weighted by atomic mass is 10.1. The molecule has 1 aromatic carbocycles. The average Bonchev–Trinajstić information content (AvgIpc) is 2.25. The van der Waals surface area contributed by atoms with Gasteiger partial charge in [0, 0.05) is 5.56 Å². The molecule has 1 rings (SSSR count). The Morgan fingerprint density at radius 2 is 1.72 bits per heavy atom. The molecule has 0 radical (unpaired) electrons. The number of alkyl halides is 3. The number of halogens is 3. The van der Waals surface area contributed by atoms with Crippen molar-refractivity contribution in [2.45, 2.75) is 12.4 Å². The number of ketones is 1. The number of aryl methyl sites for hydroxylation is 1. The second-order valence-corrected chi connectivity index (χ2v) is 5.06. The van der Waals surface area contributed by atoms with Crippen molar-refractivity contribution < 1.29 is 30.6 Å². The molecule has 0 aromatic heterocycles. The summed E-state index contributed by atoms with van der Waals surface area (Å²) in [6, 6.07) is 5.90. The lowest BCUT2D eigenvalue weighted by molar-refractivity contribution is -0.0536. The Morgan fingerprint density at radius 3 is 2.17 bits per heavy atom. The van der Waals surface area contributed by atoms with Gasteiger partial charge in [-0.2, -0.15) is 21.6 Å². The smallest absolute Gasteiger partial charge is 0.291 e. The predicted molar refractivity (Wildman–Crippen MR) is 56.4 cm³/mol. The molecule has 0 aliphatic carbocycles. The van der Waals surface area contributed by atoms with Gasteiger partial charge in [0.05, 0.1) is 0 Å². The molecule has 0 fully saturated rings. The fourth-order valence-corrected chi connectivity index (χ4v) is 1.42. The predicted octanol–water partition coefficient (Wildman–Crippen LogP) is 2.04. The molecule has 0 N–H and O–H groups in total. The van der Waals surface area contributed by atoms with E-state index in [1.807, 2.05) is 0 Å². The van der Waals surface area contributed by atoms with Gasteiger partial charge in [-0.05, 0) is 6.92 Å². The van der Waals surface area contributed by atoms with Crippen LogP contribution in [-0.2, 0) is 14.3 Å². The first-order valence-electron chi connectivity index (χ1n) is 4.69. The largest absolute Gasteiger partial charge is 0.523 e. The van der Waals surface area contributed by atoms with Gasteiger partial charge in [-0.1, -0.05) is 29.8 Å². The van der Waals surface area contributed by atoms with Crippen LogP contribution in [0.2, 0.25) is 0 Å². The monoisotopic (exact) mass is 282 g/mol. The van der Waals surface area contributed by atoms with Gasteiger partial charge >= 0.3 is 15.6 Å². The highest BCUT2D eigenvalue weighted by atomic mass is 32.2. The Balaban J connectivity index is 2.71. The van der Waals surface area contributed by atoms with E-state index in [4.69, 9.17) is 0 Å². The number of Topliss-reactive ketones (excluding diaryl/α,β-unsaturated/α-hetero) is 1. The summed E-state index contributed by atoms with van der Waals surface area (Å²) in [5.41, 5.74) is -4.59. The lowest BCUT2D eigenvalue weighted by Gasteiger charge is -2.07. The molecule has 0 saturated heterocycles. The third-order valence-electron chi connectivity index (χ3n) is 2.00. The van der Waals surface area contributed by atoms with Gasteiger partial charge in [0.15, 0.2) is 5.78 Å². The molecule has 0 atom stereocenters. The van der Waals surface area contributed by atoms with E-state index < -0.39 is 28.0 Å². The molecule has 100 valence electrons. The Labute approximate surface area is 101 Å². The maximum atomic E-state index is 11.9. The van der Waals surface area contributed by atoms with Crippen LogP contribution in [0.3, 0.4) is 0 Å².